The molecule has 2 N–H and O–H groups in total. The Hall–Kier alpha value is -4.01. The van der Waals surface area contributed by atoms with E-state index < -0.39 is 51.9 Å². The summed E-state index contributed by atoms with van der Waals surface area (Å²) in [5.74, 6) is -5.87. The molecule has 9 heteroatoms. The van der Waals surface area contributed by atoms with E-state index in [1.165, 1.54) is 31.4 Å². The number of esters is 2. The maximum atomic E-state index is 12.8. The molecule has 0 amide bonds. The Labute approximate surface area is 158 Å². The monoisotopic (exact) mass is 386 g/mol. The Morgan fingerprint density at radius 2 is 1.07 bits per heavy atom. The number of aromatic carboxylic acids is 2. The lowest BCUT2D eigenvalue weighted by atomic mass is 9.91. The number of carboxylic acid groups (broad SMARTS) is 2. The van der Waals surface area contributed by atoms with E-state index in [1.54, 1.807) is 0 Å². The smallest absolute Gasteiger partial charge is 0.338 e. The second-order valence-corrected chi connectivity index (χ2v) is 5.41. The summed E-state index contributed by atoms with van der Waals surface area (Å²) >= 11 is 0. The Balaban J connectivity index is 2.64. The molecule has 144 valence electrons. The highest BCUT2D eigenvalue weighted by Crippen LogP contribution is 2.24. The second kappa shape index (κ2) is 8.12. The summed E-state index contributed by atoms with van der Waals surface area (Å²) in [5, 5.41) is 18.9. The summed E-state index contributed by atoms with van der Waals surface area (Å²) in [5.41, 5.74) is -2.43. The summed E-state index contributed by atoms with van der Waals surface area (Å²) in [4.78, 5) is 59.3. The highest BCUT2D eigenvalue weighted by Gasteiger charge is 2.30. The van der Waals surface area contributed by atoms with Crippen molar-refractivity contribution in [3.05, 3.63) is 69.8 Å². The van der Waals surface area contributed by atoms with Crippen molar-refractivity contribution < 1.29 is 43.7 Å². The van der Waals surface area contributed by atoms with Crippen LogP contribution in [0.3, 0.4) is 0 Å². The van der Waals surface area contributed by atoms with Crippen LogP contribution in [-0.2, 0) is 9.47 Å². The lowest BCUT2D eigenvalue weighted by Crippen LogP contribution is -2.20. The summed E-state index contributed by atoms with van der Waals surface area (Å²) in [6.45, 7) is 0. The zero-order valence-corrected chi connectivity index (χ0v) is 14.7. The predicted molar refractivity (Wildman–Crippen MR) is 92.9 cm³/mol. The molecule has 0 aliphatic heterocycles. The fourth-order valence-corrected chi connectivity index (χ4v) is 2.55. The number of carbonyl (C=O) groups excluding carboxylic acids is 3. The van der Waals surface area contributed by atoms with Crippen molar-refractivity contribution in [1.82, 2.24) is 0 Å². The van der Waals surface area contributed by atoms with Gasteiger partial charge in [0.05, 0.1) is 36.5 Å². The van der Waals surface area contributed by atoms with Gasteiger partial charge in [0.2, 0.25) is 0 Å². The Kier molecular flexibility index (Phi) is 5.89. The summed E-state index contributed by atoms with van der Waals surface area (Å²) in [7, 11) is 2.20. The highest BCUT2D eigenvalue weighted by molar-refractivity contribution is 6.19. The van der Waals surface area contributed by atoms with Crippen molar-refractivity contribution in [3.63, 3.8) is 0 Å². The molecule has 9 nitrogen and oxygen atoms in total. The van der Waals surface area contributed by atoms with E-state index in [2.05, 4.69) is 9.47 Å². The van der Waals surface area contributed by atoms with E-state index in [1.807, 2.05) is 0 Å². The molecule has 0 unspecified atom stereocenters. The van der Waals surface area contributed by atoms with Gasteiger partial charge in [0.1, 0.15) is 0 Å². The lowest BCUT2D eigenvalue weighted by Gasteiger charge is -2.12. The molecule has 0 aliphatic rings. The number of methoxy groups -OCH3 is 2. The van der Waals surface area contributed by atoms with E-state index >= 15 is 0 Å². The van der Waals surface area contributed by atoms with E-state index in [9.17, 15) is 34.2 Å². The number of ketones is 1. The third-order valence-electron chi connectivity index (χ3n) is 3.85. The zero-order chi connectivity index (χ0) is 21.0. The molecule has 0 radical (unpaired) electrons. The Morgan fingerprint density at radius 3 is 1.54 bits per heavy atom. The molecule has 2 aromatic carbocycles. The zero-order valence-electron chi connectivity index (χ0n) is 14.7. The predicted octanol–water partition coefficient (Wildman–Crippen LogP) is 1.89. The van der Waals surface area contributed by atoms with Crippen LogP contribution < -0.4 is 0 Å². The van der Waals surface area contributed by atoms with E-state index in [0.29, 0.717) is 0 Å². The van der Waals surface area contributed by atoms with Gasteiger partial charge in [-0.25, -0.2) is 19.2 Å². The lowest BCUT2D eigenvalue weighted by molar-refractivity contribution is 0.0578. The number of carbonyl (C=O) groups is 5. The molecule has 0 bridgehead atoms. The van der Waals surface area contributed by atoms with Crippen LogP contribution in [-0.4, -0.2) is 54.1 Å². The molecule has 0 fully saturated rings. The van der Waals surface area contributed by atoms with Gasteiger partial charge in [-0.2, -0.15) is 0 Å². The minimum absolute atomic E-state index is 0.0114. The average molecular weight is 386 g/mol. The van der Waals surface area contributed by atoms with Crippen LogP contribution in [0.4, 0.5) is 0 Å². The number of rotatable bonds is 6. The van der Waals surface area contributed by atoms with Gasteiger partial charge < -0.3 is 19.7 Å². The van der Waals surface area contributed by atoms with E-state index in [4.69, 9.17) is 0 Å². The van der Waals surface area contributed by atoms with E-state index in [-0.39, 0.29) is 11.1 Å². The van der Waals surface area contributed by atoms with Gasteiger partial charge in [0.15, 0.2) is 5.78 Å². The molecule has 0 saturated carbocycles. The number of hydrogen-bond donors (Lipinski definition) is 2. The first-order chi connectivity index (χ1) is 13.2. The Morgan fingerprint density at radius 1 is 0.643 bits per heavy atom. The highest BCUT2D eigenvalue weighted by atomic mass is 16.5. The van der Waals surface area contributed by atoms with Crippen molar-refractivity contribution in [2.45, 2.75) is 0 Å². The van der Waals surface area contributed by atoms with Crippen molar-refractivity contribution >= 4 is 29.7 Å². The van der Waals surface area contributed by atoms with Crippen LogP contribution >= 0.6 is 0 Å². The van der Waals surface area contributed by atoms with Gasteiger partial charge in [-0.3, -0.25) is 4.79 Å². The summed E-state index contributed by atoms with van der Waals surface area (Å²) in [6.07, 6.45) is 0. The Bertz CT molecular complexity index is 987. The van der Waals surface area contributed by atoms with Gasteiger partial charge in [-0.15, -0.1) is 0 Å². The third-order valence-corrected chi connectivity index (χ3v) is 3.85. The molecule has 28 heavy (non-hydrogen) atoms. The summed E-state index contributed by atoms with van der Waals surface area (Å²) < 4.78 is 9.02. The molecule has 0 atom stereocenters. The molecule has 0 spiro atoms. The molecular formula is C19H14O9. The maximum Gasteiger partial charge on any atom is 0.338 e. The minimum Gasteiger partial charge on any atom is -0.478 e. The van der Waals surface area contributed by atoms with Crippen molar-refractivity contribution in [1.29, 1.82) is 0 Å². The molecular weight excluding hydrogens is 372 g/mol. The van der Waals surface area contributed by atoms with Crippen molar-refractivity contribution in [2.24, 2.45) is 0 Å². The number of ether oxygens (including phenoxy) is 2. The third kappa shape index (κ3) is 3.73. The first-order valence-electron chi connectivity index (χ1n) is 7.67. The SMILES string of the molecule is COC(=O)c1ccc(C(=O)c2ccc(C(=O)OC)c(C(=O)O)c2C(=O)O)cc1. The van der Waals surface area contributed by atoms with Gasteiger partial charge in [0.25, 0.3) is 0 Å². The molecule has 0 aliphatic carbocycles. The fourth-order valence-electron chi connectivity index (χ4n) is 2.55. The first-order valence-corrected chi connectivity index (χ1v) is 7.67. The van der Waals surface area contributed by atoms with Gasteiger partial charge >= 0.3 is 23.9 Å². The molecule has 0 heterocycles. The normalized spacial score (nSPS) is 10.1. The average Bonchev–Trinajstić information content (AvgIpc) is 2.70. The second-order valence-electron chi connectivity index (χ2n) is 5.41. The van der Waals surface area contributed by atoms with E-state index in [0.717, 1.165) is 19.2 Å². The van der Waals surface area contributed by atoms with Gasteiger partial charge in [-0.1, -0.05) is 12.1 Å². The standard InChI is InChI=1S/C19H14O9/c1-27-18(25)10-5-3-9(4-6-10)15(20)11-7-8-12(19(26)28-2)14(17(23)24)13(11)16(21)22/h3-8H,1-2H3,(H,21,22)(H,23,24). The molecule has 2 aromatic rings. The number of benzene rings is 2. The van der Waals surface area contributed by atoms with Crippen LogP contribution in [0.25, 0.3) is 0 Å². The molecule has 0 saturated heterocycles. The van der Waals surface area contributed by atoms with Crippen molar-refractivity contribution in [2.75, 3.05) is 14.2 Å². The number of carboxylic acids is 2. The van der Waals surface area contributed by atoms with Gasteiger partial charge in [-0.05, 0) is 24.3 Å². The van der Waals surface area contributed by atoms with Crippen molar-refractivity contribution in [3.8, 4) is 0 Å². The largest absolute Gasteiger partial charge is 0.478 e. The maximum absolute atomic E-state index is 12.8. The van der Waals surface area contributed by atoms with Crippen LogP contribution in [0.5, 0.6) is 0 Å². The molecule has 0 aromatic heterocycles. The molecule has 2 rings (SSSR count). The topological polar surface area (TPSA) is 144 Å². The number of hydrogen-bond acceptors (Lipinski definition) is 7. The first kappa shape index (κ1) is 20.3. The minimum atomic E-state index is -1.70. The van der Waals surface area contributed by atoms with Crippen LogP contribution in [0.1, 0.15) is 57.4 Å². The van der Waals surface area contributed by atoms with Crippen LogP contribution in [0.15, 0.2) is 36.4 Å². The van der Waals surface area contributed by atoms with Crippen LogP contribution in [0, 0.1) is 0 Å². The van der Waals surface area contributed by atoms with Crippen LogP contribution in [0.2, 0.25) is 0 Å². The quantitative estimate of drug-likeness (QED) is 0.561. The fraction of sp³-hybridized carbons (Fsp3) is 0.105. The summed E-state index contributed by atoms with van der Waals surface area (Å²) in [6, 6.07) is 7.21. The van der Waals surface area contributed by atoms with Gasteiger partial charge in [0, 0.05) is 11.1 Å².